The topological polar surface area (TPSA) is 137 Å². The van der Waals surface area contributed by atoms with E-state index < -0.39 is 15.9 Å². The van der Waals surface area contributed by atoms with Crippen molar-refractivity contribution in [1.29, 1.82) is 0 Å². The summed E-state index contributed by atoms with van der Waals surface area (Å²) < 4.78 is 38.8. The molecule has 0 bridgehead atoms. The number of amides is 2. The second-order valence-corrected chi connectivity index (χ2v) is 15.0. The van der Waals surface area contributed by atoms with Gasteiger partial charge in [0.15, 0.2) is 9.84 Å². The van der Waals surface area contributed by atoms with Crippen LogP contribution >= 0.6 is 23.2 Å². The number of hydrogen-bond acceptors (Lipinski definition) is 8. The standard InChI is InChI=1S/C35H34Cl2N6O5S/c1-20(2)28-19-31(43(42-28)23-7-5-21(3)6-8-23)41-35(44)39-27-11-12-29(34(37)33(27)36)48-32-13-14-38-30(40-32)17-22-15-24(47-4)18-26(16-22)49(45,46)25-9-10-25/h5-8,11-16,18-20,25H,9-10,17H2,1-4H3,(H2,39,41,44). The zero-order valence-corrected chi connectivity index (χ0v) is 29.5. The van der Waals surface area contributed by atoms with Crippen molar-refractivity contribution in [3.05, 3.63) is 106 Å². The molecule has 2 aromatic heterocycles. The van der Waals surface area contributed by atoms with Crippen molar-refractivity contribution < 1.29 is 22.7 Å². The normalized spacial score (nSPS) is 13.0. The number of methoxy groups -OCH3 is 1. The molecule has 2 heterocycles. The molecule has 6 rings (SSSR count). The highest BCUT2D eigenvalue weighted by molar-refractivity contribution is 7.92. The van der Waals surface area contributed by atoms with Crippen LogP contribution in [0.4, 0.5) is 16.3 Å². The van der Waals surface area contributed by atoms with E-state index in [1.807, 2.05) is 51.1 Å². The van der Waals surface area contributed by atoms with Crippen LogP contribution in [0.3, 0.4) is 0 Å². The van der Waals surface area contributed by atoms with Crippen molar-refractivity contribution in [1.82, 2.24) is 19.7 Å². The zero-order valence-electron chi connectivity index (χ0n) is 27.2. The summed E-state index contributed by atoms with van der Waals surface area (Å²) in [5.74, 6) is 1.86. The van der Waals surface area contributed by atoms with E-state index in [4.69, 9.17) is 32.7 Å². The van der Waals surface area contributed by atoms with Crippen LogP contribution in [0, 0.1) is 6.92 Å². The van der Waals surface area contributed by atoms with Crippen LogP contribution in [-0.4, -0.2) is 46.6 Å². The molecule has 254 valence electrons. The molecule has 0 spiro atoms. The Morgan fingerprint density at radius 1 is 1.00 bits per heavy atom. The fraction of sp³-hybridized carbons (Fsp3) is 0.257. The molecule has 2 amide bonds. The SMILES string of the molecule is COc1cc(Cc2nccc(Oc3ccc(NC(=O)Nc4cc(C(C)C)nn4-c4ccc(C)cc4)c(Cl)c3Cl)n2)cc(S(=O)(=O)C2CC2)c1. The molecular weight excluding hydrogens is 687 g/mol. The van der Waals surface area contributed by atoms with Gasteiger partial charge in [0.05, 0.1) is 39.3 Å². The second-order valence-electron chi connectivity index (χ2n) is 12.0. The van der Waals surface area contributed by atoms with Gasteiger partial charge in [0.2, 0.25) is 5.88 Å². The number of ether oxygens (including phenoxy) is 2. The van der Waals surface area contributed by atoms with Crippen molar-refractivity contribution in [2.45, 2.75) is 56.1 Å². The zero-order chi connectivity index (χ0) is 34.9. The van der Waals surface area contributed by atoms with Crippen LogP contribution in [0.25, 0.3) is 5.69 Å². The van der Waals surface area contributed by atoms with E-state index in [2.05, 4.69) is 25.7 Å². The number of nitrogens with one attached hydrogen (secondary N) is 2. The van der Waals surface area contributed by atoms with Gasteiger partial charge in [-0.2, -0.15) is 10.1 Å². The summed E-state index contributed by atoms with van der Waals surface area (Å²) in [6, 6.07) is 18.7. The first-order chi connectivity index (χ1) is 23.4. The van der Waals surface area contributed by atoms with E-state index in [0.29, 0.717) is 35.8 Å². The molecule has 0 atom stereocenters. The maximum absolute atomic E-state index is 13.1. The first-order valence-corrected chi connectivity index (χ1v) is 17.9. The van der Waals surface area contributed by atoms with Crippen molar-refractivity contribution >= 4 is 50.6 Å². The Morgan fingerprint density at radius 3 is 2.45 bits per heavy atom. The number of benzene rings is 3. The monoisotopic (exact) mass is 720 g/mol. The average Bonchev–Trinajstić information content (AvgIpc) is 3.86. The lowest BCUT2D eigenvalue weighted by Crippen LogP contribution is -2.21. The molecule has 1 aliphatic rings. The summed E-state index contributed by atoms with van der Waals surface area (Å²) in [5, 5.41) is 10.1. The minimum atomic E-state index is -3.42. The van der Waals surface area contributed by atoms with Gasteiger partial charge in [-0.1, -0.05) is 54.7 Å². The average molecular weight is 722 g/mol. The quantitative estimate of drug-likeness (QED) is 0.139. The molecule has 1 saturated carbocycles. The number of urea groups is 1. The molecule has 0 radical (unpaired) electrons. The lowest BCUT2D eigenvalue weighted by Gasteiger charge is -2.14. The summed E-state index contributed by atoms with van der Waals surface area (Å²) >= 11 is 13.2. The first-order valence-electron chi connectivity index (χ1n) is 15.6. The van der Waals surface area contributed by atoms with Gasteiger partial charge in [-0.15, -0.1) is 0 Å². The van der Waals surface area contributed by atoms with Crippen LogP contribution in [-0.2, 0) is 16.3 Å². The highest BCUT2D eigenvalue weighted by Gasteiger charge is 2.37. The fourth-order valence-electron chi connectivity index (χ4n) is 5.03. The third-order valence-corrected chi connectivity index (χ3v) is 11.0. The van der Waals surface area contributed by atoms with E-state index in [9.17, 15) is 13.2 Å². The highest BCUT2D eigenvalue weighted by Crippen LogP contribution is 2.40. The van der Waals surface area contributed by atoms with Gasteiger partial charge in [-0.3, -0.25) is 5.32 Å². The molecule has 1 fully saturated rings. The predicted octanol–water partition coefficient (Wildman–Crippen LogP) is 8.37. The molecule has 1 aliphatic carbocycles. The van der Waals surface area contributed by atoms with Crippen molar-refractivity contribution in [3.63, 3.8) is 0 Å². The molecule has 0 saturated heterocycles. The van der Waals surface area contributed by atoms with Gasteiger partial charge in [0.25, 0.3) is 0 Å². The van der Waals surface area contributed by atoms with Gasteiger partial charge in [-0.05, 0) is 73.7 Å². The summed E-state index contributed by atoms with van der Waals surface area (Å²) in [7, 11) is -1.93. The smallest absolute Gasteiger partial charge is 0.324 e. The summed E-state index contributed by atoms with van der Waals surface area (Å²) in [6.07, 6.45) is 3.08. The van der Waals surface area contributed by atoms with E-state index in [1.165, 1.54) is 19.4 Å². The number of halogens is 2. The minimum absolute atomic E-state index is 0.0640. The lowest BCUT2D eigenvalue weighted by molar-refractivity contribution is 0.262. The maximum Gasteiger partial charge on any atom is 0.324 e. The Balaban J connectivity index is 1.16. The van der Waals surface area contributed by atoms with Crippen molar-refractivity contribution in [3.8, 4) is 23.1 Å². The molecule has 0 unspecified atom stereocenters. The Kier molecular flexibility index (Phi) is 9.82. The molecule has 14 heteroatoms. The van der Waals surface area contributed by atoms with E-state index in [0.717, 1.165) is 16.9 Å². The minimum Gasteiger partial charge on any atom is -0.497 e. The fourth-order valence-corrected chi connectivity index (χ4v) is 7.18. The molecule has 5 aromatic rings. The van der Waals surface area contributed by atoms with Crippen LogP contribution < -0.4 is 20.1 Å². The van der Waals surface area contributed by atoms with E-state index >= 15 is 0 Å². The molecule has 11 nitrogen and oxygen atoms in total. The van der Waals surface area contributed by atoms with Crippen molar-refractivity contribution in [2.24, 2.45) is 0 Å². The predicted molar refractivity (Wildman–Crippen MR) is 190 cm³/mol. The third kappa shape index (κ3) is 7.82. The Labute approximate surface area is 294 Å². The number of rotatable bonds is 11. The molecular formula is C35H34Cl2N6O5S. The number of sulfone groups is 1. The van der Waals surface area contributed by atoms with Crippen molar-refractivity contribution in [2.75, 3.05) is 17.7 Å². The van der Waals surface area contributed by atoms with Crippen LogP contribution in [0.1, 0.15) is 55.3 Å². The van der Waals surface area contributed by atoms with Gasteiger partial charge in [0.1, 0.15) is 28.2 Å². The lowest BCUT2D eigenvalue weighted by atomic mass is 10.1. The highest BCUT2D eigenvalue weighted by atomic mass is 35.5. The molecule has 0 aliphatic heterocycles. The number of hydrogen-bond donors (Lipinski definition) is 2. The van der Waals surface area contributed by atoms with Crippen LogP contribution in [0.15, 0.2) is 77.8 Å². The second kappa shape index (κ2) is 14.1. The summed E-state index contributed by atoms with van der Waals surface area (Å²) in [5.41, 5.74) is 3.67. The number of nitrogens with zero attached hydrogens (tertiary/aromatic N) is 4. The Morgan fingerprint density at radius 2 is 1.76 bits per heavy atom. The maximum atomic E-state index is 13.1. The molecule has 3 aromatic carbocycles. The van der Waals surface area contributed by atoms with Gasteiger partial charge < -0.3 is 14.8 Å². The Hall–Kier alpha value is -4.65. The van der Waals surface area contributed by atoms with Gasteiger partial charge >= 0.3 is 6.03 Å². The largest absolute Gasteiger partial charge is 0.497 e. The van der Waals surface area contributed by atoms with Gasteiger partial charge in [-0.25, -0.2) is 22.9 Å². The Bertz CT molecular complexity index is 2130. The van der Waals surface area contributed by atoms with E-state index in [1.54, 1.807) is 35.0 Å². The molecule has 2 N–H and O–H groups in total. The van der Waals surface area contributed by atoms with E-state index in [-0.39, 0.29) is 49.8 Å². The van der Waals surface area contributed by atoms with Crippen LogP contribution in [0.2, 0.25) is 10.0 Å². The number of aryl methyl sites for hydroxylation is 1. The first kappa shape index (κ1) is 34.2. The summed E-state index contributed by atoms with van der Waals surface area (Å²) in [6.45, 7) is 6.06. The number of aromatic nitrogens is 4. The number of carbonyl (C=O) groups is 1. The molecule has 49 heavy (non-hydrogen) atoms. The van der Waals surface area contributed by atoms with Gasteiger partial charge in [0, 0.05) is 24.8 Å². The number of anilines is 2. The summed E-state index contributed by atoms with van der Waals surface area (Å²) in [4.78, 5) is 22.2. The third-order valence-electron chi connectivity index (χ3n) is 7.86. The van der Waals surface area contributed by atoms with Crippen LogP contribution in [0.5, 0.6) is 17.4 Å². The number of carbonyl (C=O) groups excluding carboxylic acids is 1.